The van der Waals surface area contributed by atoms with Gasteiger partial charge in [-0.15, -0.1) is 0 Å². The van der Waals surface area contributed by atoms with Crippen LogP contribution in [0.4, 0.5) is 0 Å². The highest BCUT2D eigenvalue weighted by molar-refractivity contribution is 5.98. The van der Waals surface area contributed by atoms with Gasteiger partial charge in [0.15, 0.2) is 0 Å². The second-order valence-electron chi connectivity index (χ2n) is 8.76. The predicted octanol–water partition coefficient (Wildman–Crippen LogP) is 4.43. The summed E-state index contributed by atoms with van der Waals surface area (Å²) in [6.45, 7) is 6.55. The zero-order chi connectivity index (χ0) is 19.7. The molecule has 0 spiro atoms. The number of aromatic nitrogens is 1. The van der Waals surface area contributed by atoms with E-state index in [1.807, 2.05) is 30.1 Å². The van der Waals surface area contributed by atoms with E-state index in [4.69, 9.17) is 4.74 Å². The third-order valence-electron chi connectivity index (χ3n) is 6.47. The van der Waals surface area contributed by atoms with Crippen LogP contribution < -0.4 is 4.74 Å². The van der Waals surface area contributed by atoms with Crippen LogP contribution >= 0.6 is 0 Å². The van der Waals surface area contributed by atoms with Crippen molar-refractivity contribution in [3.8, 4) is 5.75 Å². The number of benzene rings is 1. The molecule has 2 aromatic rings. The number of hydrogen-bond donors (Lipinski definition) is 1. The summed E-state index contributed by atoms with van der Waals surface area (Å²) in [6, 6.07) is 9.00. The fourth-order valence-electron chi connectivity index (χ4n) is 4.64. The van der Waals surface area contributed by atoms with Crippen molar-refractivity contribution in [1.29, 1.82) is 0 Å². The Bertz CT molecular complexity index is 822. The van der Waals surface area contributed by atoms with E-state index in [1.54, 1.807) is 0 Å². The Labute approximate surface area is 168 Å². The van der Waals surface area contributed by atoms with Crippen LogP contribution in [0.5, 0.6) is 5.75 Å². The molecule has 1 saturated carbocycles. The molecule has 1 aliphatic carbocycles. The lowest BCUT2D eigenvalue weighted by Crippen LogP contribution is -2.38. The predicted molar refractivity (Wildman–Crippen MR) is 113 cm³/mol. The summed E-state index contributed by atoms with van der Waals surface area (Å²) in [5, 5.41) is 1.04. The average Bonchev–Trinajstić information content (AvgIpc) is 3.34. The normalized spacial score (nSPS) is 21.5. The Balaban J connectivity index is 1.45. The third kappa shape index (κ3) is 4.04. The maximum absolute atomic E-state index is 12.9. The van der Waals surface area contributed by atoms with Gasteiger partial charge in [-0.1, -0.05) is 19.3 Å². The molecule has 5 heteroatoms. The second-order valence-corrected chi connectivity index (χ2v) is 8.76. The number of nitrogens with one attached hydrogen (secondary N) is 1. The molecule has 28 heavy (non-hydrogen) atoms. The van der Waals surface area contributed by atoms with Gasteiger partial charge in [0.1, 0.15) is 17.5 Å². The van der Waals surface area contributed by atoms with E-state index >= 15 is 0 Å². The van der Waals surface area contributed by atoms with E-state index in [9.17, 15) is 4.79 Å². The van der Waals surface area contributed by atoms with Crippen LogP contribution in [-0.2, 0) is 0 Å². The van der Waals surface area contributed by atoms with E-state index in [-0.39, 0.29) is 12.0 Å². The summed E-state index contributed by atoms with van der Waals surface area (Å²) in [6.07, 6.45) is 7.31. The van der Waals surface area contributed by atoms with Gasteiger partial charge < -0.3 is 14.6 Å². The Hall–Kier alpha value is -2.01. The number of carbonyl (C=O) groups excluding carboxylic acids is 1. The van der Waals surface area contributed by atoms with E-state index in [0.29, 0.717) is 17.8 Å². The molecular weight excluding hydrogens is 350 g/mol. The molecule has 0 radical (unpaired) electrons. The average molecular weight is 384 g/mol. The molecule has 1 unspecified atom stereocenters. The minimum Gasteiger partial charge on any atom is -0.489 e. The summed E-state index contributed by atoms with van der Waals surface area (Å²) < 4.78 is 6.23. The summed E-state index contributed by atoms with van der Waals surface area (Å²) >= 11 is 0. The number of aromatic amines is 1. The summed E-state index contributed by atoms with van der Waals surface area (Å²) in [5.41, 5.74) is 1.66. The number of amides is 1. The molecule has 2 aliphatic rings. The van der Waals surface area contributed by atoms with Crippen LogP contribution in [0.2, 0.25) is 0 Å². The molecule has 2 heterocycles. The van der Waals surface area contributed by atoms with Crippen LogP contribution in [0.15, 0.2) is 24.3 Å². The molecule has 152 valence electrons. The summed E-state index contributed by atoms with van der Waals surface area (Å²) in [7, 11) is 1.94. The monoisotopic (exact) mass is 383 g/mol. The van der Waals surface area contributed by atoms with Gasteiger partial charge in [0.25, 0.3) is 5.91 Å². The first-order chi connectivity index (χ1) is 13.5. The van der Waals surface area contributed by atoms with Crippen molar-refractivity contribution in [3.05, 3.63) is 30.0 Å². The molecule has 1 amide bonds. The molecule has 1 N–H and O–H groups in total. The molecule has 2 fully saturated rings. The van der Waals surface area contributed by atoms with Gasteiger partial charge >= 0.3 is 0 Å². The number of H-pyrrole nitrogens is 1. The van der Waals surface area contributed by atoms with Crippen molar-refractivity contribution in [1.82, 2.24) is 14.8 Å². The van der Waals surface area contributed by atoms with Gasteiger partial charge in [0.05, 0.1) is 0 Å². The second kappa shape index (κ2) is 8.16. The standard InChI is InChI=1S/C23H33N3O2/c1-16(2)26-12-11-20(15-26)28-19-9-10-21-17(13-19)14-22(24-21)23(27)25(3)18-7-5-4-6-8-18/h9-10,13-14,16,18,20,24H,4-8,11-12,15H2,1-3H3. The largest absolute Gasteiger partial charge is 0.489 e. The smallest absolute Gasteiger partial charge is 0.270 e. The number of nitrogens with zero attached hydrogens (tertiary/aromatic N) is 2. The Morgan fingerprint density at radius 1 is 1.18 bits per heavy atom. The van der Waals surface area contributed by atoms with Crippen molar-refractivity contribution in [2.75, 3.05) is 20.1 Å². The Kier molecular flexibility index (Phi) is 5.63. The lowest BCUT2D eigenvalue weighted by Gasteiger charge is -2.30. The number of ether oxygens (including phenoxy) is 1. The zero-order valence-electron chi connectivity index (χ0n) is 17.4. The van der Waals surface area contributed by atoms with Gasteiger partial charge in [-0.05, 0) is 57.4 Å². The fraction of sp³-hybridized carbons (Fsp3) is 0.609. The van der Waals surface area contributed by atoms with Crippen LogP contribution in [0.1, 0.15) is 62.9 Å². The summed E-state index contributed by atoms with van der Waals surface area (Å²) in [5.74, 6) is 0.982. The van der Waals surface area contributed by atoms with Crippen LogP contribution in [0.25, 0.3) is 10.9 Å². The van der Waals surface area contributed by atoms with Gasteiger partial charge in [0, 0.05) is 43.1 Å². The molecule has 0 bridgehead atoms. The zero-order valence-corrected chi connectivity index (χ0v) is 17.4. The molecule has 1 aromatic carbocycles. The minimum absolute atomic E-state index is 0.0916. The van der Waals surface area contributed by atoms with Crippen LogP contribution in [-0.4, -0.2) is 59.0 Å². The molecule has 1 aliphatic heterocycles. The molecular formula is C23H33N3O2. The minimum atomic E-state index is 0.0916. The molecule has 1 atom stereocenters. The summed E-state index contributed by atoms with van der Waals surface area (Å²) in [4.78, 5) is 20.6. The number of hydrogen-bond acceptors (Lipinski definition) is 3. The first kappa shape index (κ1) is 19.3. The lowest BCUT2D eigenvalue weighted by molar-refractivity contribution is 0.0691. The van der Waals surface area contributed by atoms with Crippen molar-refractivity contribution >= 4 is 16.8 Å². The highest BCUT2D eigenvalue weighted by Gasteiger charge is 2.26. The third-order valence-corrected chi connectivity index (χ3v) is 6.47. The molecule has 4 rings (SSSR count). The SMILES string of the molecule is CC(C)N1CCC(Oc2ccc3[nH]c(C(=O)N(C)C4CCCCC4)cc3c2)C1. The number of likely N-dealkylation sites (tertiary alicyclic amines) is 1. The highest BCUT2D eigenvalue weighted by atomic mass is 16.5. The van der Waals surface area contributed by atoms with Crippen molar-refractivity contribution in [3.63, 3.8) is 0 Å². The highest BCUT2D eigenvalue weighted by Crippen LogP contribution is 2.27. The van der Waals surface area contributed by atoms with E-state index in [2.05, 4.69) is 29.8 Å². The molecule has 1 saturated heterocycles. The van der Waals surface area contributed by atoms with Gasteiger partial charge in [-0.3, -0.25) is 9.69 Å². The topological polar surface area (TPSA) is 48.6 Å². The Morgan fingerprint density at radius 2 is 1.96 bits per heavy atom. The molecule has 1 aromatic heterocycles. The maximum atomic E-state index is 12.9. The fourth-order valence-corrected chi connectivity index (χ4v) is 4.64. The van der Waals surface area contributed by atoms with Gasteiger partial charge in [0.2, 0.25) is 0 Å². The van der Waals surface area contributed by atoms with Crippen molar-refractivity contribution < 1.29 is 9.53 Å². The Morgan fingerprint density at radius 3 is 2.68 bits per heavy atom. The number of carbonyl (C=O) groups is 1. The first-order valence-electron chi connectivity index (χ1n) is 10.8. The van der Waals surface area contributed by atoms with Crippen molar-refractivity contribution in [2.45, 2.75) is 70.6 Å². The van der Waals surface area contributed by atoms with Crippen molar-refractivity contribution in [2.24, 2.45) is 0 Å². The van der Waals surface area contributed by atoms with Crippen LogP contribution in [0, 0.1) is 0 Å². The van der Waals surface area contributed by atoms with E-state index in [1.165, 1.54) is 19.3 Å². The number of rotatable bonds is 5. The molecule has 5 nitrogen and oxygen atoms in total. The van der Waals surface area contributed by atoms with E-state index < -0.39 is 0 Å². The quantitative estimate of drug-likeness (QED) is 0.831. The number of fused-ring (bicyclic) bond motifs is 1. The van der Waals surface area contributed by atoms with E-state index in [0.717, 1.165) is 49.0 Å². The maximum Gasteiger partial charge on any atom is 0.270 e. The van der Waals surface area contributed by atoms with Crippen LogP contribution in [0.3, 0.4) is 0 Å². The lowest BCUT2D eigenvalue weighted by atomic mass is 9.94. The van der Waals surface area contributed by atoms with Gasteiger partial charge in [-0.25, -0.2) is 0 Å². The first-order valence-corrected chi connectivity index (χ1v) is 10.8. The van der Waals surface area contributed by atoms with Gasteiger partial charge in [-0.2, -0.15) is 0 Å².